The van der Waals surface area contributed by atoms with Gasteiger partial charge in [0.1, 0.15) is 0 Å². The minimum absolute atomic E-state index is 0.384. The van der Waals surface area contributed by atoms with Crippen LogP contribution < -0.4 is 0 Å². The van der Waals surface area contributed by atoms with E-state index in [4.69, 9.17) is 0 Å². The van der Waals surface area contributed by atoms with Gasteiger partial charge in [-0.05, 0) is 18.4 Å². The number of hydrogen-bond acceptors (Lipinski definition) is 2. The summed E-state index contributed by atoms with van der Waals surface area (Å²) < 4.78 is 0. The zero-order valence-corrected chi connectivity index (χ0v) is 7.35. The summed E-state index contributed by atoms with van der Waals surface area (Å²) in [6.07, 6.45) is 2.29. The molecule has 0 N–H and O–H groups in total. The SMILES string of the molecule is O=[N+]([O-])[CH]CCCc1ccccc1. The molecule has 0 bridgehead atoms. The molecular weight excluding hydrogens is 166 g/mol. The molecule has 0 amide bonds. The Morgan fingerprint density at radius 2 is 2.00 bits per heavy atom. The Bertz CT molecular complexity index is 259. The molecule has 0 saturated carbocycles. The molecule has 3 nitrogen and oxygen atoms in total. The van der Waals surface area contributed by atoms with Crippen molar-refractivity contribution in [2.24, 2.45) is 0 Å². The Morgan fingerprint density at radius 3 is 2.62 bits per heavy atom. The summed E-state index contributed by atoms with van der Waals surface area (Å²) in [5.74, 6) is 0. The van der Waals surface area contributed by atoms with Crippen molar-refractivity contribution in [3.8, 4) is 0 Å². The number of nitro groups is 1. The van der Waals surface area contributed by atoms with Crippen LogP contribution >= 0.6 is 0 Å². The van der Waals surface area contributed by atoms with Crippen LogP contribution in [0.25, 0.3) is 0 Å². The van der Waals surface area contributed by atoms with Crippen LogP contribution in [0.1, 0.15) is 18.4 Å². The van der Waals surface area contributed by atoms with E-state index in [-0.39, 0.29) is 4.92 Å². The van der Waals surface area contributed by atoms with Crippen molar-refractivity contribution in [3.63, 3.8) is 0 Å². The summed E-state index contributed by atoms with van der Waals surface area (Å²) in [6.45, 7) is 1.11. The lowest BCUT2D eigenvalue weighted by atomic mass is 10.1. The first-order valence-corrected chi connectivity index (χ1v) is 4.30. The molecule has 0 aliphatic heterocycles. The molecule has 0 saturated heterocycles. The van der Waals surface area contributed by atoms with Gasteiger partial charge in [-0.1, -0.05) is 30.3 Å². The maximum atomic E-state index is 9.96. The highest BCUT2D eigenvalue weighted by molar-refractivity contribution is 5.14. The third-order valence-electron chi connectivity index (χ3n) is 1.79. The molecule has 0 spiro atoms. The second-order valence-electron chi connectivity index (χ2n) is 2.85. The van der Waals surface area contributed by atoms with Crippen LogP contribution in [0.15, 0.2) is 30.3 Å². The van der Waals surface area contributed by atoms with Crippen molar-refractivity contribution in [1.29, 1.82) is 0 Å². The van der Waals surface area contributed by atoms with Crippen LogP contribution in [0.3, 0.4) is 0 Å². The number of nitrogens with zero attached hydrogens (tertiary/aromatic N) is 1. The molecule has 13 heavy (non-hydrogen) atoms. The summed E-state index contributed by atoms with van der Waals surface area (Å²) in [4.78, 5) is 9.58. The highest BCUT2D eigenvalue weighted by atomic mass is 16.6. The van der Waals surface area contributed by atoms with E-state index in [0.29, 0.717) is 6.42 Å². The van der Waals surface area contributed by atoms with E-state index in [1.54, 1.807) is 0 Å². The summed E-state index contributed by atoms with van der Waals surface area (Å²) in [6, 6.07) is 9.99. The molecule has 69 valence electrons. The van der Waals surface area contributed by atoms with Crippen molar-refractivity contribution < 1.29 is 4.92 Å². The molecule has 0 unspecified atom stereocenters. The van der Waals surface area contributed by atoms with Crippen molar-refractivity contribution in [2.75, 3.05) is 0 Å². The Hall–Kier alpha value is -1.38. The topological polar surface area (TPSA) is 43.1 Å². The second kappa shape index (κ2) is 5.30. The Balaban J connectivity index is 2.17. The van der Waals surface area contributed by atoms with Crippen molar-refractivity contribution in [1.82, 2.24) is 0 Å². The fourth-order valence-corrected chi connectivity index (χ4v) is 1.15. The lowest BCUT2D eigenvalue weighted by Crippen LogP contribution is -1.94. The first kappa shape index (κ1) is 9.71. The van der Waals surface area contributed by atoms with Gasteiger partial charge >= 0.3 is 0 Å². The van der Waals surface area contributed by atoms with E-state index < -0.39 is 0 Å². The van der Waals surface area contributed by atoms with E-state index in [0.717, 1.165) is 19.4 Å². The van der Waals surface area contributed by atoms with Gasteiger partial charge < -0.3 is 0 Å². The molecular formula is C10H12NO2. The third-order valence-corrected chi connectivity index (χ3v) is 1.79. The Labute approximate surface area is 77.5 Å². The largest absolute Gasteiger partial charge is 0.279 e. The summed E-state index contributed by atoms with van der Waals surface area (Å²) in [7, 11) is 0. The quantitative estimate of drug-likeness (QED) is 0.395. The fraction of sp³-hybridized carbons (Fsp3) is 0.300. The van der Waals surface area contributed by atoms with Gasteiger partial charge in [0.2, 0.25) is 0 Å². The minimum atomic E-state index is -0.384. The standard InChI is InChI=1S/C10H12NO2/c12-11(13)9-5-4-8-10-6-2-1-3-7-10/h1-3,6-7,9H,4-5,8H2. The second-order valence-corrected chi connectivity index (χ2v) is 2.85. The molecule has 1 aromatic carbocycles. The van der Waals surface area contributed by atoms with Gasteiger partial charge in [-0.2, -0.15) is 0 Å². The van der Waals surface area contributed by atoms with Crippen molar-refractivity contribution >= 4 is 0 Å². The number of rotatable bonds is 5. The summed E-state index contributed by atoms with van der Waals surface area (Å²) in [5.41, 5.74) is 1.24. The average molecular weight is 178 g/mol. The molecule has 0 aliphatic rings. The Kier molecular flexibility index (Phi) is 3.96. The lowest BCUT2D eigenvalue weighted by Gasteiger charge is -1.97. The molecule has 0 fully saturated rings. The van der Waals surface area contributed by atoms with Gasteiger partial charge in [0.15, 0.2) is 0 Å². The van der Waals surface area contributed by atoms with Crippen LogP contribution in [-0.4, -0.2) is 4.92 Å². The predicted molar refractivity (Wildman–Crippen MR) is 50.7 cm³/mol. The monoisotopic (exact) mass is 178 g/mol. The van der Waals surface area contributed by atoms with Gasteiger partial charge in [-0.3, -0.25) is 10.1 Å². The van der Waals surface area contributed by atoms with Crippen LogP contribution in [0.4, 0.5) is 0 Å². The van der Waals surface area contributed by atoms with Crippen LogP contribution in [0.2, 0.25) is 0 Å². The number of benzene rings is 1. The number of hydrogen-bond donors (Lipinski definition) is 0. The van der Waals surface area contributed by atoms with Crippen molar-refractivity contribution in [3.05, 3.63) is 52.6 Å². The van der Waals surface area contributed by atoms with Crippen LogP contribution in [0.5, 0.6) is 0 Å². The molecule has 1 radical (unpaired) electrons. The number of unbranched alkanes of at least 4 members (excludes halogenated alkanes) is 1. The molecule has 0 aliphatic carbocycles. The average Bonchev–Trinajstić information content (AvgIpc) is 2.14. The zero-order valence-electron chi connectivity index (χ0n) is 7.35. The normalized spacial score (nSPS) is 9.85. The molecule has 1 rings (SSSR count). The van der Waals surface area contributed by atoms with E-state index in [1.165, 1.54) is 5.56 Å². The van der Waals surface area contributed by atoms with Crippen LogP contribution in [0, 0.1) is 16.7 Å². The lowest BCUT2D eigenvalue weighted by molar-refractivity contribution is -0.437. The zero-order chi connectivity index (χ0) is 9.52. The molecule has 1 aromatic rings. The van der Waals surface area contributed by atoms with E-state index in [1.807, 2.05) is 30.3 Å². The van der Waals surface area contributed by atoms with Gasteiger partial charge in [0.05, 0.1) is 0 Å². The molecule has 0 aromatic heterocycles. The van der Waals surface area contributed by atoms with Crippen LogP contribution in [-0.2, 0) is 6.42 Å². The number of aryl methyl sites for hydroxylation is 1. The maximum Gasteiger partial charge on any atom is 0.279 e. The smallest absolute Gasteiger partial charge is 0.264 e. The maximum absolute atomic E-state index is 9.96. The highest BCUT2D eigenvalue weighted by Crippen LogP contribution is 2.05. The molecule has 3 heteroatoms. The molecule has 0 heterocycles. The fourth-order valence-electron chi connectivity index (χ4n) is 1.15. The van der Waals surface area contributed by atoms with E-state index in [9.17, 15) is 10.1 Å². The molecule has 0 atom stereocenters. The van der Waals surface area contributed by atoms with Gasteiger partial charge in [-0.25, -0.2) is 0 Å². The summed E-state index contributed by atoms with van der Waals surface area (Å²) >= 11 is 0. The van der Waals surface area contributed by atoms with Gasteiger partial charge in [0.25, 0.3) is 6.54 Å². The van der Waals surface area contributed by atoms with Gasteiger partial charge in [-0.15, -0.1) is 0 Å². The highest BCUT2D eigenvalue weighted by Gasteiger charge is 1.99. The predicted octanol–water partition coefficient (Wildman–Crippen LogP) is 2.45. The third kappa shape index (κ3) is 4.25. The minimum Gasteiger partial charge on any atom is -0.264 e. The summed E-state index contributed by atoms with van der Waals surface area (Å²) in [5, 5.41) is 9.96. The Morgan fingerprint density at radius 1 is 1.31 bits per heavy atom. The van der Waals surface area contributed by atoms with Gasteiger partial charge in [0, 0.05) is 11.3 Å². The first-order chi connectivity index (χ1) is 6.29. The van der Waals surface area contributed by atoms with Crippen molar-refractivity contribution in [2.45, 2.75) is 19.3 Å². The first-order valence-electron chi connectivity index (χ1n) is 4.30. The van der Waals surface area contributed by atoms with E-state index >= 15 is 0 Å². The van der Waals surface area contributed by atoms with E-state index in [2.05, 4.69) is 0 Å².